The molecular weight excluding hydrogens is 286 g/mol. The Labute approximate surface area is 128 Å². The maximum atomic E-state index is 11.0. The Balaban J connectivity index is 2.16. The van der Waals surface area contributed by atoms with Crippen LogP contribution in [-0.2, 0) is 5.41 Å². The minimum absolute atomic E-state index is 0.0292. The van der Waals surface area contributed by atoms with Crippen molar-refractivity contribution in [2.45, 2.75) is 19.3 Å². The molecule has 6 heteroatoms. The van der Waals surface area contributed by atoms with Crippen LogP contribution in [0.15, 0.2) is 35.7 Å². The monoisotopic (exact) mass is 305 g/mol. The van der Waals surface area contributed by atoms with Crippen LogP contribution in [0.5, 0.6) is 0 Å². The molecule has 2 aromatic rings. The van der Waals surface area contributed by atoms with Crippen LogP contribution in [0.3, 0.4) is 0 Å². The van der Waals surface area contributed by atoms with E-state index in [9.17, 15) is 10.1 Å². The first kappa shape index (κ1) is 15.3. The van der Waals surface area contributed by atoms with Crippen molar-refractivity contribution < 1.29 is 4.92 Å². The molecule has 1 aromatic heterocycles. The standard InChI is InChI=1S/C15H19N3O2S/c1-15(2,14-5-4-6-21-14)10-17-12-7-11(16-3)8-13(9-12)18(19)20/h4-9,16-17H,10H2,1-3H3. The number of rotatable bonds is 6. The molecule has 2 rings (SSSR count). The normalized spacial score (nSPS) is 11.2. The lowest BCUT2D eigenvalue weighted by Gasteiger charge is -2.24. The zero-order valence-electron chi connectivity index (χ0n) is 12.3. The summed E-state index contributed by atoms with van der Waals surface area (Å²) in [5, 5.41) is 19.3. The van der Waals surface area contributed by atoms with E-state index in [1.54, 1.807) is 24.5 Å². The average Bonchev–Trinajstić information content (AvgIpc) is 3.00. The molecule has 0 bridgehead atoms. The van der Waals surface area contributed by atoms with Gasteiger partial charge in [-0.2, -0.15) is 0 Å². The van der Waals surface area contributed by atoms with Crippen molar-refractivity contribution in [1.29, 1.82) is 0 Å². The number of thiophene rings is 1. The molecule has 0 amide bonds. The highest BCUT2D eigenvalue weighted by atomic mass is 32.1. The summed E-state index contributed by atoms with van der Waals surface area (Å²) in [4.78, 5) is 11.9. The first-order valence-corrected chi connectivity index (χ1v) is 7.55. The zero-order valence-corrected chi connectivity index (χ0v) is 13.2. The highest BCUT2D eigenvalue weighted by Gasteiger charge is 2.21. The summed E-state index contributed by atoms with van der Waals surface area (Å²) in [6, 6.07) is 9.10. The fraction of sp³-hybridized carbons (Fsp3) is 0.333. The number of non-ortho nitro benzene ring substituents is 1. The molecule has 0 aliphatic rings. The van der Waals surface area contributed by atoms with Gasteiger partial charge in [0, 0.05) is 47.4 Å². The second kappa shape index (κ2) is 6.13. The van der Waals surface area contributed by atoms with E-state index < -0.39 is 0 Å². The van der Waals surface area contributed by atoms with Gasteiger partial charge in [0.05, 0.1) is 4.92 Å². The number of nitro groups is 1. The van der Waals surface area contributed by atoms with E-state index in [1.165, 1.54) is 10.9 Å². The molecule has 1 heterocycles. The molecule has 21 heavy (non-hydrogen) atoms. The molecule has 0 fully saturated rings. The average molecular weight is 305 g/mol. The van der Waals surface area contributed by atoms with Crippen molar-refractivity contribution >= 4 is 28.4 Å². The van der Waals surface area contributed by atoms with Crippen molar-refractivity contribution in [2.24, 2.45) is 0 Å². The predicted molar refractivity (Wildman–Crippen MR) is 88.5 cm³/mol. The van der Waals surface area contributed by atoms with Gasteiger partial charge in [-0.05, 0) is 17.5 Å². The number of hydrogen-bond acceptors (Lipinski definition) is 5. The smallest absolute Gasteiger partial charge is 0.273 e. The van der Waals surface area contributed by atoms with Crippen LogP contribution < -0.4 is 10.6 Å². The number of anilines is 2. The molecule has 1 aromatic carbocycles. The first-order valence-electron chi connectivity index (χ1n) is 6.67. The van der Waals surface area contributed by atoms with Crippen molar-refractivity contribution in [3.63, 3.8) is 0 Å². The molecule has 2 N–H and O–H groups in total. The van der Waals surface area contributed by atoms with Gasteiger partial charge < -0.3 is 10.6 Å². The van der Waals surface area contributed by atoms with Gasteiger partial charge >= 0.3 is 0 Å². The third-order valence-corrected chi connectivity index (χ3v) is 4.58. The summed E-state index contributed by atoms with van der Waals surface area (Å²) < 4.78 is 0. The molecule has 0 unspecified atom stereocenters. The Bertz CT molecular complexity index is 624. The summed E-state index contributed by atoms with van der Waals surface area (Å²) in [7, 11) is 1.75. The first-order chi connectivity index (χ1) is 9.92. The third kappa shape index (κ3) is 3.72. The number of nitrogens with one attached hydrogen (secondary N) is 2. The van der Waals surface area contributed by atoms with Crippen LogP contribution >= 0.6 is 11.3 Å². The van der Waals surface area contributed by atoms with E-state index in [2.05, 4.69) is 35.9 Å². The number of hydrogen-bond donors (Lipinski definition) is 2. The Morgan fingerprint density at radius 3 is 2.57 bits per heavy atom. The molecule has 0 saturated carbocycles. The van der Waals surface area contributed by atoms with Crippen LogP contribution in [0.25, 0.3) is 0 Å². The summed E-state index contributed by atoms with van der Waals surface area (Å²) in [6.07, 6.45) is 0. The van der Waals surface area contributed by atoms with Gasteiger partial charge in [0.25, 0.3) is 5.69 Å². The predicted octanol–water partition coefficient (Wildman–Crippen LogP) is 4.09. The second-order valence-corrected chi connectivity index (χ2v) is 6.44. The van der Waals surface area contributed by atoms with E-state index in [4.69, 9.17) is 0 Å². The highest BCUT2D eigenvalue weighted by Crippen LogP contribution is 2.29. The van der Waals surface area contributed by atoms with Gasteiger partial charge in [-0.25, -0.2) is 0 Å². The number of benzene rings is 1. The molecule has 0 aliphatic carbocycles. The fourth-order valence-electron chi connectivity index (χ4n) is 2.04. The van der Waals surface area contributed by atoms with Gasteiger partial charge in [0.15, 0.2) is 0 Å². The van der Waals surface area contributed by atoms with E-state index in [0.717, 1.165) is 11.4 Å². The summed E-state index contributed by atoms with van der Waals surface area (Å²) >= 11 is 1.72. The lowest BCUT2D eigenvalue weighted by molar-refractivity contribution is -0.384. The number of nitrogens with zero attached hydrogens (tertiary/aromatic N) is 1. The summed E-state index contributed by atoms with van der Waals surface area (Å²) in [5.74, 6) is 0. The van der Waals surface area contributed by atoms with Crippen LogP contribution in [0.2, 0.25) is 0 Å². The Hall–Kier alpha value is -2.08. The lowest BCUT2D eigenvalue weighted by Crippen LogP contribution is -2.26. The topological polar surface area (TPSA) is 67.2 Å². The van der Waals surface area contributed by atoms with Crippen molar-refractivity contribution in [2.75, 3.05) is 24.2 Å². The summed E-state index contributed by atoms with van der Waals surface area (Å²) in [6.45, 7) is 5.02. The molecule has 0 radical (unpaired) electrons. The second-order valence-electron chi connectivity index (χ2n) is 5.49. The zero-order chi connectivity index (χ0) is 15.5. The molecule has 0 saturated heterocycles. The van der Waals surface area contributed by atoms with Crippen LogP contribution in [0.1, 0.15) is 18.7 Å². The molecule has 112 valence electrons. The molecule has 0 spiro atoms. The van der Waals surface area contributed by atoms with Crippen molar-refractivity contribution in [3.05, 3.63) is 50.7 Å². The fourth-order valence-corrected chi connectivity index (χ4v) is 2.89. The van der Waals surface area contributed by atoms with Crippen molar-refractivity contribution in [3.8, 4) is 0 Å². The molecular formula is C15H19N3O2S. The van der Waals surface area contributed by atoms with Crippen LogP contribution in [0, 0.1) is 10.1 Å². The largest absolute Gasteiger partial charge is 0.388 e. The van der Waals surface area contributed by atoms with Gasteiger partial charge in [0.1, 0.15) is 0 Å². The van der Waals surface area contributed by atoms with E-state index in [0.29, 0.717) is 6.54 Å². The van der Waals surface area contributed by atoms with Crippen molar-refractivity contribution in [1.82, 2.24) is 0 Å². The Kier molecular flexibility index (Phi) is 4.47. The van der Waals surface area contributed by atoms with Gasteiger partial charge in [-0.15, -0.1) is 11.3 Å². The lowest BCUT2D eigenvalue weighted by atomic mass is 9.91. The van der Waals surface area contributed by atoms with Gasteiger partial charge in [-0.3, -0.25) is 10.1 Å². The Morgan fingerprint density at radius 2 is 2.00 bits per heavy atom. The highest BCUT2D eigenvalue weighted by molar-refractivity contribution is 7.10. The molecule has 0 aliphatic heterocycles. The minimum Gasteiger partial charge on any atom is -0.388 e. The number of nitro benzene ring substituents is 1. The van der Waals surface area contributed by atoms with Crippen LogP contribution in [0.4, 0.5) is 17.1 Å². The van der Waals surface area contributed by atoms with E-state index in [1.807, 2.05) is 12.1 Å². The van der Waals surface area contributed by atoms with E-state index >= 15 is 0 Å². The van der Waals surface area contributed by atoms with E-state index in [-0.39, 0.29) is 16.0 Å². The SMILES string of the molecule is CNc1cc(NCC(C)(C)c2cccs2)cc([N+](=O)[O-])c1. The maximum Gasteiger partial charge on any atom is 0.273 e. The third-order valence-electron chi connectivity index (χ3n) is 3.34. The van der Waals surface area contributed by atoms with Crippen LogP contribution in [-0.4, -0.2) is 18.5 Å². The van der Waals surface area contributed by atoms with Gasteiger partial charge in [0.2, 0.25) is 0 Å². The molecule has 0 atom stereocenters. The maximum absolute atomic E-state index is 11.0. The minimum atomic E-state index is -0.379. The summed E-state index contributed by atoms with van der Waals surface area (Å²) in [5.41, 5.74) is 1.52. The Morgan fingerprint density at radius 1 is 1.29 bits per heavy atom. The van der Waals surface area contributed by atoms with Gasteiger partial charge in [-0.1, -0.05) is 19.9 Å². The molecule has 5 nitrogen and oxygen atoms in total. The quantitative estimate of drug-likeness (QED) is 0.623.